The molecule has 5 heteroatoms. The number of ether oxygens (including phenoxy) is 1. The molecule has 0 saturated heterocycles. The van der Waals surface area contributed by atoms with Crippen molar-refractivity contribution in [3.8, 4) is 5.75 Å². The quantitative estimate of drug-likeness (QED) is 0.589. The second kappa shape index (κ2) is 4.64. The standard InChI is InChI=1S/C13H16IN2OP/c1-3-11-10-8-9(17-13(2)6-7-13)4-5-12(10)16(15-11)18-14/h4-5,8,18H,3,6-7H2,1-2H3. The van der Waals surface area contributed by atoms with Gasteiger partial charge in [0.15, 0.2) is 0 Å². The molecule has 1 atom stereocenters. The molecule has 0 aliphatic heterocycles. The summed E-state index contributed by atoms with van der Waals surface area (Å²) in [5.41, 5.74) is 2.47. The lowest BCUT2D eigenvalue weighted by molar-refractivity contribution is 0.200. The van der Waals surface area contributed by atoms with E-state index in [0.717, 1.165) is 12.2 Å². The molecular formula is C13H16IN2OP. The van der Waals surface area contributed by atoms with Crippen molar-refractivity contribution in [2.45, 2.75) is 38.7 Å². The third-order valence-corrected chi connectivity index (χ3v) is 5.33. The van der Waals surface area contributed by atoms with Gasteiger partial charge in [-0.05, 0) is 66.4 Å². The molecule has 0 spiro atoms. The van der Waals surface area contributed by atoms with Crippen LogP contribution in [0.1, 0.15) is 32.4 Å². The number of hydrogen-bond donors (Lipinski definition) is 0. The number of aromatic nitrogens is 2. The summed E-state index contributed by atoms with van der Waals surface area (Å²) in [6.45, 7) is 4.33. The number of hydrogen-bond acceptors (Lipinski definition) is 2. The number of fused-ring (bicyclic) bond motifs is 1. The maximum atomic E-state index is 6.03. The van der Waals surface area contributed by atoms with Crippen molar-refractivity contribution >= 4 is 39.3 Å². The van der Waals surface area contributed by atoms with Gasteiger partial charge in [0.05, 0.1) is 17.6 Å². The van der Waals surface area contributed by atoms with E-state index in [1.54, 1.807) is 0 Å². The Morgan fingerprint density at radius 3 is 2.89 bits per heavy atom. The number of rotatable bonds is 4. The summed E-state index contributed by atoms with van der Waals surface area (Å²) in [5.74, 6) is 0.980. The van der Waals surface area contributed by atoms with Gasteiger partial charge >= 0.3 is 0 Å². The van der Waals surface area contributed by atoms with Gasteiger partial charge in [0.1, 0.15) is 11.4 Å². The number of benzene rings is 1. The Kier molecular flexibility index (Phi) is 3.27. The zero-order chi connectivity index (χ0) is 12.8. The first-order valence-corrected chi connectivity index (χ1v) is 10.3. The molecule has 2 aromatic rings. The van der Waals surface area contributed by atoms with Crippen LogP contribution in [0.5, 0.6) is 5.75 Å². The molecule has 0 N–H and O–H groups in total. The Bertz CT molecular complexity index is 592. The van der Waals surface area contributed by atoms with Crippen LogP contribution < -0.4 is 4.74 Å². The van der Waals surface area contributed by atoms with Gasteiger partial charge in [-0.2, -0.15) is 5.10 Å². The van der Waals surface area contributed by atoms with E-state index in [-0.39, 0.29) is 5.60 Å². The molecule has 1 aliphatic rings. The highest BCUT2D eigenvalue weighted by atomic mass is 127. The van der Waals surface area contributed by atoms with Crippen LogP contribution in [0.2, 0.25) is 0 Å². The van der Waals surface area contributed by atoms with E-state index < -0.39 is 0 Å². The highest BCUT2D eigenvalue weighted by Gasteiger charge is 2.40. The number of halogens is 1. The smallest absolute Gasteiger partial charge is 0.120 e. The number of aryl methyl sites for hydroxylation is 1. The predicted octanol–water partition coefficient (Wildman–Crippen LogP) is 4.32. The van der Waals surface area contributed by atoms with Crippen LogP contribution in [-0.2, 0) is 6.42 Å². The van der Waals surface area contributed by atoms with Crippen LogP contribution in [0.4, 0.5) is 0 Å². The Balaban J connectivity index is 2.04. The molecule has 3 nitrogen and oxygen atoms in total. The molecule has 18 heavy (non-hydrogen) atoms. The van der Waals surface area contributed by atoms with E-state index in [2.05, 4.69) is 63.6 Å². The molecule has 1 unspecified atom stereocenters. The summed E-state index contributed by atoms with van der Waals surface area (Å²) >= 11 is 2.37. The normalized spacial score (nSPS) is 17.7. The van der Waals surface area contributed by atoms with Crippen molar-refractivity contribution in [1.82, 2.24) is 9.55 Å². The van der Waals surface area contributed by atoms with Crippen LogP contribution in [0.3, 0.4) is 0 Å². The fourth-order valence-electron chi connectivity index (χ4n) is 2.11. The summed E-state index contributed by atoms with van der Waals surface area (Å²) < 4.78 is 8.11. The average Bonchev–Trinajstić information content (AvgIpc) is 2.98. The van der Waals surface area contributed by atoms with Gasteiger partial charge in [0.2, 0.25) is 0 Å². The van der Waals surface area contributed by atoms with E-state index in [1.165, 1.54) is 29.4 Å². The first-order valence-electron chi connectivity index (χ1n) is 6.22. The van der Waals surface area contributed by atoms with Gasteiger partial charge in [-0.25, -0.2) is 4.45 Å². The van der Waals surface area contributed by atoms with Crippen LogP contribution in [0.15, 0.2) is 18.2 Å². The molecule has 96 valence electrons. The van der Waals surface area contributed by atoms with Crippen molar-refractivity contribution < 1.29 is 4.74 Å². The number of nitrogens with zero attached hydrogens (tertiary/aromatic N) is 2. The molecule has 1 fully saturated rings. The van der Waals surface area contributed by atoms with Gasteiger partial charge < -0.3 is 4.74 Å². The minimum atomic E-state index is 0.0844. The average molecular weight is 374 g/mol. The van der Waals surface area contributed by atoms with Crippen molar-refractivity contribution in [3.63, 3.8) is 0 Å². The molecule has 0 bridgehead atoms. The topological polar surface area (TPSA) is 27.1 Å². The minimum absolute atomic E-state index is 0.0844. The van der Waals surface area contributed by atoms with Crippen molar-refractivity contribution in [1.29, 1.82) is 0 Å². The second-order valence-corrected chi connectivity index (χ2v) is 7.07. The van der Waals surface area contributed by atoms with Crippen molar-refractivity contribution in [2.75, 3.05) is 0 Å². The van der Waals surface area contributed by atoms with E-state index in [9.17, 15) is 0 Å². The second-order valence-electron chi connectivity index (χ2n) is 5.03. The van der Waals surface area contributed by atoms with Crippen LogP contribution in [-0.4, -0.2) is 15.2 Å². The zero-order valence-corrected chi connectivity index (χ0v) is 13.7. The van der Waals surface area contributed by atoms with E-state index in [0.29, 0.717) is 6.37 Å². The SMILES string of the molecule is CCc1nn(PI)c2ccc(OC3(C)CC3)cc12. The van der Waals surface area contributed by atoms with Crippen LogP contribution >= 0.6 is 28.4 Å². The van der Waals surface area contributed by atoms with Gasteiger partial charge in [-0.15, -0.1) is 0 Å². The predicted molar refractivity (Wildman–Crippen MR) is 85.1 cm³/mol. The summed E-state index contributed by atoms with van der Waals surface area (Å²) in [6, 6.07) is 6.35. The van der Waals surface area contributed by atoms with Crippen molar-refractivity contribution in [3.05, 3.63) is 23.9 Å². The molecule has 0 amide bonds. The van der Waals surface area contributed by atoms with Gasteiger partial charge in [0.25, 0.3) is 0 Å². The molecule has 0 radical (unpaired) electrons. The Morgan fingerprint density at radius 2 is 2.28 bits per heavy atom. The highest BCUT2D eigenvalue weighted by Crippen LogP contribution is 2.40. The van der Waals surface area contributed by atoms with Crippen LogP contribution in [0.25, 0.3) is 10.9 Å². The summed E-state index contributed by atoms with van der Waals surface area (Å²) in [6.07, 6.45) is 3.94. The minimum Gasteiger partial charge on any atom is -0.488 e. The van der Waals surface area contributed by atoms with E-state index in [1.807, 2.05) is 0 Å². The van der Waals surface area contributed by atoms with E-state index in [4.69, 9.17) is 4.74 Å². The maximum absolute atomic E-state index is 6.03. The lowest BCUT2D eigenvalue weighted by atomic mass is 10.1. The Labute approximate surface area is 122 Å². The Morgan fingerprint density at radius 1 is 1.50 bits per heavy atom. The van der Waals surface area contributed by atoms with Gasteiger partial charge in [-0.1, -0.05) is 6.92 Å². The summed E-state index contributed by atoms with van der Waals surface area (Å²) in [7, 11) is 0. The molecule has 1 saturated carbocycles. The maximum Gasteiger partial charge on any atom is 0.120 e. The third-order valence-electron chi connectivity index (χ3n) is 3.46. The summed E-state index contributed by atoms with van der Waals surface area (Å²) in [5, 5.41) is 5.88. The third kappa shape index (κ3) is 2.25. The van der Waals surface area contributed by atoms with Gasteiger partial charge in [-0.3, -0.25) is 0 Å². The largest absolute Gasteiger partial charge is 0.488 e. The highest BCUT2D eigenvalue weighted by molar-refractivity contribution is 14.2. The molecule has 3 rings (SSSR count). The molecular weight excluding hydrogens is 358 g/mol. The molecule has 1 heterocycles. The zero-order valence-electron chi connectivity index (χ0n) is 10.5. The Hall–Kier alpha value is -0.350. The molecule has 1 aromatic heterocycles. The first-order chi connectivity index (χ1) is 8.65. The van der Waals surface area contributed by atoms with Crippen molar-refractivity contribution in [2.24, 2.45) is 0 Å². The molecule has 1 aliphatic carbocycles. The van der Waals surface area contributed by atoms with E-state index >= 15 is 0 Å². The fourth-order valence-corrected chi connectivity index (χ4v) is 3.66. The summed E-state index contributed by atoms with van der Waals surface area (Å²) in [4.78, 5) is 0. The molecule has 1 aromatic carbocycles. The lowest BCUT2D eigenvalue weighted by Gasteiger charge is -2.12. The van der Waals surface area contributed by atoms with Crippen LogP contribution in [0, 0.1) is 0 Å². The fraction of sp³-hybridized carbons (Fsp3) is 0.462. The lowest BCUT2D eigenvalue weighted by Crippen LogP contribution is -2.11. The van der Waals surface area contributed by atoms with Gasteiger partial charge in [0, 0.05) is 5.39 Å². The first kappa shape index (κ1) is 12.7. The monoisotopic (exact) mass is 374 g/mol.